The van der Waals surface area contributed by atoms with Crippen LogP contribution in [0.2, 0.25) is 0 Å². The molecule has 2 heterocycles. The van der Waals surface area contributed by atoms with Gasteiger partial charge >= 0.3 is 5.76 Å². The van der Waals surface area contributed by atoms with Crippen molar-refractivity contribution in [3.05, 3.63) is 88.7 Å². The summed E-state index contributed by atoms with van der Waals surface area (Å²) in [6.07, 6.45) is 0. The lowest BCUT2D eigenvalue weighted by Crippen LogP contribution is -2.13. The zero-order valence-corrected chi connectivity index (χ0v) is 18.5. The van der Waals surface area contributed by atoms with Gasteiger partial charge < -0.3 is 4.42 Å². The van der Waals surface area contributed by atoms with E-state index in [0.717, 1.165) is 21.8 Å². The Balaban J connectivity index is 1.38. The molecule has 0 fully saturated rings. The average Bonchev–Trinajstić information content (AvgIpc) is 3.40. The van der Waals surface area contributed by atoms with E-state index in [-0.39, 0.29) is 4.90 Å². The Hall–Kier alpha value is -3.69. The van der Waals surface area contributed by atoms with Crippen molar-refractivity contribution in [1.82, 2.24) is 9.55 Å². The number of oxazole rings is 1. The minimum absolute atomic E-state index is 0.0393. The van der Waals surface area contributed by atoms with E-state index in [1.54, 1.807) is 23.5 Å². The van der Waals surface area contributed by atoms with Gasteiger partial charge in [0.1, 0.15) is 5.01 Å². The minimum atomic E-state index is -3.84. The summed E-state index contributed by atoms with van der Waals surface area (Å²) in [7, 11) is -2.32. The molecule has 0 aliphatic rings. The Kier molecular flexibility index (Phi) is 4.91. The number of nitrogens with one attached hydrogen (secondary N) is 1. The van der Waals surface area contributed by atoms with Crippen LogP contribution < -0.4 is 10.5 Å². The normalized spacial score (nSPS) is 11.7. The van der Waals surface area contributed by atoms with Crippen LogP contribution in [-0.4, -0.2) is 18.0 Å². The number of benzene rings is 3. The molecule has 3 aromatic carbocycles. The van der Waals surface area contributed by atoms with Crippen molar-refractivity contribution in [1.29, 1.82) is 0 Å². The maximum atomic E-state index is 12.8. The van der Waals surface area contributed by atoms with Crippen molar-refractivity contribution in [2.24, 2.45) is 7.05 Å². The summed E-state index contributed by atoms with van der Waals surface area (Å²) in [6, 6.07) is 21.3. The average molecular weight is 464 g/mol. The summed E-state index contributed by atoms with van der Waals surface area (Å²) in [5.41, 5.74) is 3.94. The zero-order chi connectivity index (χ0) is 22.3. The highest BCUT2D eigenvalue weighted by molar-refractivity contribution is 7.92. The van der Waals surface area contributed by atoms with Crippen LogP contribution in [0.5, 0.6) is 0 Å². The predicted molar refractivity (Wildman–Crippen MR) is 125 cm³/mol. The fraction of sp³-hybridized carbons (Fsp3) is 0.0435. The van der Waals surface area contributed by atoms with Crippen molar-refractivity contribution in [2.45, 2.75) is 4.90 Å². The second kappa shape index (κ2) is 7.77. The summed E-state index contributed by atoms with van der Waals surface area (Å²) >= 11 is 1.56. The van der Waals surface area contributed by atoms with Gasteiger partial charge in [-0.1, -0.05) is 42.5 Å². The molecule has 0 radical (unpaired) electrons. The lowest BCUT2D eigenvalue weighted by Gasteiger charge is -2.09. The van der Waals surface area contributed by atoms with E-state index < -0.39 is 15.8 Å². The van der Waals surface area contributed by atoms with Gasteiger partial charge in [0.15, 0.2) is 5.58 Å². The third kappa shape index (κ3) is 3.72. The zero-order valence-electron chi connectivity index (χ0n) is 16.8. The highest BCUT2D eigenvalue weighted by Crippen LogP contribution is 2.29. The molecule has 9 heteroatoms. The number of sulfonamides is 1. The van der Waals surface area contributed by atoms with Gasteiger partial charge in [-0.2, -0.15) is 0 Å². The maximum absolute atomic E-state index is 12.8. The van der Waals surface area contributed by atoms with E-state index in [1.807, 2.05) is 47.8 Å². The van der Waals surface area contributed by atoms with Crippen LogP contribution in [0, 0.1) is 0 Å². The fourth-order valence-corrected chi connectivity index (χ4v) is 5.23. The second-order valence-corrected chi connectivity index (χ2v) is 9.68. The molecule has 0 saturated heterocycles. The Morgan fingerprint density at radius 2 is 1.72 bits per heavy atom. The van der Waals surface area contributed by atoms with Gasteiger partial charge in [-0.05, 0) is 30.3 Å². The summed E-state index contributed by atoms with van der Waals surface area (Å²) in [5, 5.41) is 2.90. The highest BCUT2D eigenvalue weighted by Gasteiger charge is 2.17. The molecule has 32 heavy (non-hydrogen) atoms. The van der Waals surface area contributed by atoms with Crippen molar-refractivity contribution < 1.29 is 12.8 Å². The first kappa shape index (κ1) is 20.2. The fourth-order valence-electron chi connectivity index (χ4n) is 3.32. The molecule has 2 aromatic heterocycles. The third-order valence-corrected chi connectivity index (χ3v) is 7.30. The van der Waals surface area contributed by atoms with Gasteiger partial charge in [-0.25, -0.2) is 18.2 Å². The molecule has 0 saturated carbocycles. The Bertz CT molecular complexity index is 1580. The highest BCUT2D eigenvalue weighted by atomic mass is 32.2. The summed E-state index contributed by atoms with van der Waals surface area (Å²) in [5.74, 6) is -0.546. The molecule has 0 spiro atoms. The number of anilines is 1. The predicted octanol–water partition coefficient (Wildman–Crippen LogP) is 4.72. The molecule has 0 atom stereocenters. The SMILES string of the molecule is Cn1c(=O)oc2ccc(S(=O)(=O)Nc3ccc(-c4csc(-c5ccccc5)n4)cc3)cc21. The standard InChI is InChI=1S/C23H17N3O4S2/c1-26-20-13-18(11-12-21(20)30-23(26)27)32(28,29)25-17-9-7-15(8-10-17)19-14-31-22(24-19)16-5-3-2-4-6-16/h2-14,25H,1H3. The molecule has 160 valence electrons. The molecule has 0 bridgehead atoms. The molecule has 0 aliphatic heterocycles. The van der Waals surface area contributed by atoms with Crippen molar-refractivity contribution in [3.8, 4) is 21.8 Å². The monoisotopic (exact) mass is 463 g/mol. The lowest BCUT2D eigenvalue weighted by atomic mass is 10.1. The largest absolute Gasteiger partial charge is 0.419 e. The topological polar surface area (TPSA) is 94.2 Å². The smallest absolute Gasteiger partial charge is 0.408 e. The van der Waals surface area contributed by atoms with Crippen LogP contribution in [0.4, 0.5) is 5.69 Å². The van der Waals surface area contributed by atoms with Crippen molar-refractivity contribution in [3.63, 3.8) is 0 Å². The molecule has 0 aliphatic carbocycles. The van der Waals surface area contributed by atoms with Crippen LogP contribution in [-0.2, 0) is 17.1 Å². The van der Waals surface area contributed by atoms with E-state index in [1.165, 1.54) is 29.8 Å². The van der Waals surface area contributed by atoms with Gasteiger partial charge in [0.25, 0.3) is 10.0 Å². The Labute approximate surface area is 187 Å². The lowest BCUT2D eigenvalue weighted by molar-refractivity contribution is 0.528. The van der Waals surface area contributed by atoms with Crippen LogP contribution in [0.25, 0.3) is 32.9 Å². The molecule has 5 rings (SSSR count). The number of rotatable bonds is 5. The summed E-state index contributed by atoms with van der Waals surface area (Å²) in [4.78, 5) is 16.4. The van der Waals surface area contributed by atoms with Crippen LogP contribution in [0.3, 0.4) is 0 Å². The van der Waals surface area contributed by atoms with Crippen LogP contribution >= 0.6 is 11.3 Å². The molecular weight excluding hydrogens is 446 g/mol. The molecule has 7 nitrogen and oxygen atoms in total. The van der Waals surface area contributed by atoms with E-state index in [2.05, 4.69) is 9.71 Å². The van der Waals surface area contributed by atoms with Gasteiger partial charge in [0, 0.05) is 29.2 Å². The number of thiazole rings is 1. The van der Waals surface area contributed by atoms with E-state index in [4.69, 9.17) is 4.42 Å². The second-order valence-electron chi connectivity index (χ2n) is 7.14. The van der Waals surface area contributed by atoms with Crippen LogP contribution in [0.1, 0.15) is 0 Å². The van der Waals surface area contributed by atoms with E-state index in [0.29, 0.717) is 16.8 Å². The number of hydrogen-bond donors (Lipinski definition) is 1. The first-order valence-corrected chi connectivity index (χ1v) is 12.0. The molecule has 1 N–H and O–H groups in total. The van der Waals surface area contributed by atoms with Gasteiger partial charge in [0.05, 0.1) is 16.1 Å². The number of aryl methyl sites for hydroxylation is 1. The number of nitrogens with zero attached hydrogens (tertiary/aromatic N) is 2. The molecule has 0 amide bonds. The number of hydrogen-bond acceptors (Lipinski definition) is 6. The first-order valence-electron chi connectivity index (χ1n) is 9.64. The van der Waals surface area contributed by atoms with Gasteiger partial charge in [-0.3, -0.25) is 9.29 Å². The summed E-state index contributed by atoms with van der Waals surface area (Å²) in [6.45, 7) is 0. The number of fused-ring (bicyclic) bond motifs is 1. The van der Waals surface area contributed by atoms with Crippen LogP contribution in [0.15, 0.2) is 92.3 Å². The molecule has 5 aromatic rings. The van der Waals surface area contributed by atoms with Gasteiger partial charge in [0.2, 0.25) is 0 Å². The Morgan fingerprint density at radius 1 is 0.969 bits per heavy atom. The van der Waals surface area contributed by atoms with Crippen molar-refractivity contribution in [2.75, 3.05) is 4.72 Å². The van der Waals surface area contributed by atoms with Gasteiger partial charge in [-0.15, -0.1) is 11.3 Å². The van der Waals surface area contributed by atoms with Crippen molar-refractivity contribution >= 4 is 38.1 Å². The quantitative estimate of drug-likeness (QED) is 0.407. The minimum Gasteiger partial charge on any atom is -0.408 e. The van der Waals surface area contributed by atoms with E-state index in [9.17, 15) is 13.2 Å². The molecular formula is C23H17N3O4S2. The Morgan fingerprint density at radius 3 is 2.47 bits per heavy atom. The van der Waals surface area contributed by atoms with E-state index >= 15 is 0 Å². The third-order valence-electron chi connectivity index (χ3n) is 5.03. The first-order chi connectivity index (χ1) is 15.4. The molecule has 0 unspecified atom stereocenters. The maximum Gasteiger partial charge on any atom is 0.419 e. The number of aromatic nitrogens is 2. The summed E-state index contributed by atoms with van der Waals surface area (Å²) < 4.78 is 34.6.